The molecule has 0 aliphatic carbocycles. The molecule has 168 valence electrons. The molecule has 0 N–H and O–H groups in total. The van der Waals surface area contributed by atoms with Crippen molar-refractivity contribution in [3.8, 4) is 5.75 Å². The van der Waals surface area contributed by atoms with Crippen molar-refractivity contribution in [3.05, 3.63) is 89.7 Å². The summed E-state index contributed by atoms with van der Waals surface area (Å²) in [4.78, 5) is 19.8. The Morgan fingerprint density at radius 3 is 2.52 bits per heavy atom. The van der Waals surface area contributed by atoms with Crippen molar-refractivity contribution in [1.82, 2.24) is 9.55 Å². The van der Waals surface area contributed by atoms with Crippen LogP contribution in [0.1, 0.15) is 36.2 Å². The van der Waals surface area contributed by atoms with Gasteiger partial charge in [0, 0.05) is 24.6 Å². The van der Waals surface area contributed by atoms with E-state index in [1.807, 2.05) is 35.2 Å². The summed E-state index contributed by atoms with van der Waals surface area (Å²) in [5, 5.41) is 0. The fourth-order valence-corrected chi connectivity index (χ4v) is 4.57. The van der Waals surface area contributed by atoms with Gasteiger partial charge in [-0.15, -0.1) is 0 Å². The van der Waals surface area contributed by atoms with E-state index in [1.165, 1.54) is 11.1 Å². The first kappa shape index (κ1) is 21.3. The van der Waals surface area contributed by atoms with Crippen LogP contribution >= 0.6 is 0 Å². The van der Waals surface area contributed by atoms with Crippen LogP contribution in [0.4, 0.5) is 5.69 Å². The number of fused-ring (bicyclic) bond motifs is 1. The highest BCUT2D eigenvalue weighted by Gasteiger charge is 2.34. The largest absolute Gasteiger partial charge is 0.492 e. The van der Waals surface area contributed by atoms with Gasteiger partial charge in [-0.2, -0.15) is 0 Å². The van der Waals surface area contributed by atoms with Crippen LogP contribution in [0.5, 0.6) is 5.75 Å². The van der Waals surface area contributed by atoms with Crippen molar-refractivity contribution < 1.29 is 9.53 Å². The molecular weight excluding hydrogens is 410 g/mol. The van der Waals surface area contributed by atoms with Crippen molar-refractivity contribution >= 4 is 22.6 Å². The number of anilines is 1. The molecule has 0 spiro atoms. The van der Waals surface area contributed by atoms with E-state index < -0.39 is 0 Å². The minimum absolute atomic E-state index is 0.0510. The number of amides is 1. The summed E-state index contributed by atoms with van der Waals surface area (Å²) in [6, 6.07) is 24.6. The summed E-state index contributed by atoms with van der Waals surface area (Å²) < 4.78 is 8.24. The van der Waals surface area contributed by atoms with Gasteiger partial charge in [-0.3, -0.25) is 4.79 Å². The van der Waals surface area contributed by atoms with E-state index in [9.17, 15) is 4.79 Å². The SMILES string of the molecule is CCc1ccc(N2CC(c3nc4ccccc4n3CCOc3ccc(C)cc3)CC2=O)cc1. The number of para-hydroxylation sites is 2. The minimum atomic E-state index is 0.0510. The highest BCUT2D eigenvalue weighted by molar-refractivity contribution is 5.96. The zero-order chi connectivity index (χ0) is 22.8. The fourth-order valence-electron chi connectivity index (χ4n) is 4.57. The van der Waals surface area contributed by atoms with Gasteiger partial charge in [0.05, 0.1) is 17.6 Å². The second-order valence-corrected chi connectivity index (χ2v) is 8.70. The molecule has 1 atom stereocenters. The van der Waals surface area contributed by atoms with Gasteiger partial charge in [-0.05, 0) is 55.3 Å². The number of hydrogen-bond donors (Lipinski definition) is 0. The van der Waals surface area contributed by atoms with E-state index in [-0.39, 0.29) is 11.8 Å². The molecule has 1 saturated heterocycles. The van der Waals surface area contributed by atoms with Gasteiger partial charge in [0.2, 0.25) is 5.91 Å². The first-order chi connectivity index (χ1) is 16.1. The third-order valence-electron chi connectivity index (χ3n) is 6.44. The van der Waals surface area contributed by atoms with Crippen LogP contribution in [0.2, 0.25) is 0 Å². The maximum Gasteiger partial charge on any atom is 0.227 e. The molecule has 3 aromatic carbocycles. The number of aromatic nitrogens is 2. The average molecular weight is 440 g/mol. The van der Waals surface area contributed by atoms with Gasteiger partial charge in [0.25, 0.3) is 0 Å². The molecule has 1 aliphatic heterocycles. The maximum absolute atomic E-state index is 12.9. The molecule has 0 radical (unpaired) electrons. The van der Waals surface area contributed by atoms with Crippen LogP contribution in [0.25, 0.3) is 11.0 Å². The van der Waals surface area contributed by atoms with Crippen LogP contribution in [-0.2, 0) is 17.8 Å². The number of carbonyl (C=O) groups excluding carboxylic acids is 1. The Balaban J connectivity index is 1.38. The van der Waals surface area contributed by atoms with Crippen LogP contribution in [0.3, 0.4) is 0 Å². The molecule has 2 heterocycles. The van der Waals surface area contributed by atoms with E-state index in [0.717, 1.165) is 34.7 Å². The Morgan fingerprint density at radius 1 is 1.00 bits per heavy atom. The number of rotatable bonds is 7. The summed E-state index contributed by atoms with van der Waals surface area (Å²) >= 11 is 0. The molecule has 1 aromatic heterocycles. The van der Waals surface area contributed by atoms with E-state index in [1.54, 1.807) is 0 Å². The number of ether oxygens (including phenoxy) is 1. The summed E-state index contributed by atoms with van der Waals surface area (Å²) in [6.45, 7) is 6.07. The molecule has 5 heteroatoms. The minimum Gasteiger partial charge on any atom is -0.492 e. The van der Waals surface area contributed by atoms with Gasteiger partial charge < -0.3 is 14.2 Å². The van der Waals surface area contributed by atoms with E-state index in [0.29, 0.717) is 26.1 Å². The molecule has 1 unspecified atom stereocenters. The number of imidazole rings is 1. The van der Waals surface area contributed by atoms with Crippen LogP contribution in [0.15, 0.2) is 72.8 Å². The zero-order valence-corrected chi connectivity index (χ0v) is 19.2. The highest BCUT2D eigenvalue weighted by Crippen LogP contribution is 2.33. The molecule has 5 nitrogen and oxygen atoms in total. The molecule has 1 fully saturated rings. The molecule has 33 heavy (non-hydrogen) atoms. The highest BCUT2D eigenvalue weighted by atomic mass is 16.5. The molecular formula is C28H29N3O2. The summed E-state index contributed by atoms with van der Waals surface area (Å²) in [5.41, 5.74) is 5.49. The number of aryl methyl sites for hydroxylation is 2. The molecule has 4 aromatic rings. The standard InChI is InChI=1S/C28H29N3O2/c1-3-21-10-12-23(13-11-21)31-19-22(18-27(31)32)28-29-25-6-4-5-7-26(25)30(28)16-17-33-24-14-8-20(2)9-15-24/h4-15,22H,3,16-19H2,1-2H3. The molecule has 0 bridgehead atoms. The van der Waals surface area contributed by atoms with E-state index >= 15 is 0 Å². The lowest BCUT2D eigenvalue weighted by Crippen LogP contribution is -2.24. The lowest BCUT2D eigenvalue weighted by atomic mass is 10.1. The second-order valence-electron chi connectivity index (χ2n) is 8.70. The van der Waals surface area contributed by atoms with E-state index in [2.05, 4.69) is 60.9 Å². The molecule has 1 amide bonds. The third-order valence-corrected chi connectivity index (χ3v) is 6.44. The topological polar surface area (TPSA) is 47.4 Å². The normalized spacial score (nSPS) is 16.0. The molecule has 5 rings (SSSR count). The average Bonchev–Trinajstić information content (AvgIpc) is 3.41. The molecule has 1 aliphatic rings. The van der Waals surface area contributed by atoms with Crippen molar-refractivity contribution in [2.45, 2.75) is 39.2 Å². The Morgan fingerprint density at radius 2 is 1.76 bits per heavy atom. The third kappa shape index (κ3) is 4.36. The first-order valence-corrected chi connectivity index (χ1v) is 11.7. The van der Waals surface area contributed by atoms with Crippen molar-refractivity contribution in [1.29, 1.82) is 0 Å². The smallest absolute Gasteiger partial charge is 0.227 e. The van der Waals surface area contributed by atoms with Crippen LogP contribution < -0.4 is 9.64 Å². The Kier molecular flexibility index (Phi) is 5.86. The van der Waals surface area contributed by atoms with Gasteiger partial charge in [-0.1, -0.05) is 48.9 Å². The molecule has 0 saturated carbocycles. The van der Waals surface area contributed by atoms with Gasteiger partial charge >= 0.3 is 0 Å². The number of nitrogens with zero attached hydrogens (tertiary/aromatic N) is 3. The van der Waals surface area contributed by atoms with Crippen molar-refractivity contribution in [3.63, 3.8) is 0 Å². The van der Waals surface area contributed by atoms with Crippen LogP contribution in [-0.4, -0.2) is 28.6 Å². The number of benzene rings is 3. The van der Waals surface area contributed by atoms with Crippen LogP contribution in [0, 0.1) is 6.92 Å². The second kappa shape index (κ2) is 9.10. The fraction of sp³-hybridized carbons (Fsp3) is 0.286. The monoisotopic (exact) mass is 439 g/mol. The lowest BCUT2D eigenvalue weighted by molar-refractivity contribution is -0.117. The van der Waals surface area contributed by atoms with Gasteiger partial charge in [0.15, 0.2) is 0 Å². The summed E-state index contributed by atoms with van der Waals surface area (Å²) in [6.07, 6.45) is 1.46. The summed E-state index contributed by atoms with van der Waals surface area (Å²) in [7, 11) is 0. The summed E-state index contributed by atoms with van der Waals surface area (Å²) in [5.74, 6) is 2.03. The number of carbonyl (C=O) groups is 1. The maximum atomic E-state index is 12.9. The Bertz CT molecular complexity index is 1260. The predicted molar refractivity (Wildman–Crippen MR) is 132 cm³/mol. The zero-order valence-electron chi connectivity index (χ0n) is 19.2. The Labute approximate surface area is 194 Å². The van der Waals surface area contributed by atoms with Gasteiger partial charge in [0.1, 0.15) is 18.2 Å². The quantitative estimate of drug-likeness (QED) is 0.382. The lowest BCUT2D eigenvalue weighted by Gasteiger charge is -2.18. The van der Waals surface area contributed by atoms with E-state index in [4.69, 9.17) is 9.72 Å². The van der Waals surface area contributed by atoms with Gasteiger partial charge in [-0.25, -0.2) is 4.98 Å². The predicted octanol–water partition coefficient (Wildman–Crippen LogP) is 5.51. The van der Waals surface area contributed by atoms with Crippen molar-refractivity contribution in [2.75, 3.05) is 18.1 Å². The Hall–Kier alpha value is -3.60. The number of hydrogen-bond acceptors (Lipinski definition) is 3. The van der Waals surface area contributed by atoms with Crippen molar-refractivity contribution in [2.24, 2.45) is 0 Å². The first-order valence-electron chi connectivity index (χ1n) is 11.7.